The third-order valence-electron chi connectivity index (χ3n) is 2.88. The second-order valence-corrected chi connectivity index (χ2v) is 4.43. The summed E-state index contributed by atoms with van der Waals surface area (Å²) in [6.07, 6.45) is 6.67. The zero-order valence-electron chi connectivity index (χ0n) is 11.4. The molecule has 4 nitrogen and oxygen atoms in total. The molecule has 19 heavy (non-hydrogen) atoms. The summed E-state index contributed by atoms with van der Waals surface area (Å²) >= 11 is 0. The molecule has 1 heterocycles. The summed E-state index contributed by atoms with van der Waals surface area (Å²) in [7, 11) is 0. The molecule has 0 atom stereocenters. The van der Waals surface area contributed by atoms with Gasteiger partial charge in [0.15, 0.2) is 0 Å². The van der Waals surface area contributed by atoms with Crippen LogP contribution in [0.4, 0.5) is 0 Å². The molecule has 102 valence electrons. The van der Waals surface area contributed by atoms with E-state index >= 15 is 0 Å². The van der Waals surface area contributed by atoms with Gasteiger partial charge in [-0.1, -0.05) is 25.1 Å². The van der Waals surface area contributed by atoms with Crippen molar-refractivity contribution in [3.63, 3.8) is 0 Å². The predicted octanol–water partition coefficient (Wildman–Crippen LogP) is 2.46. The van der Waals surface area contributed by atoms with E-state index in [1.807, 2.05) is 29.0 Å². The van der Waals surface area contributed by atoms with E-state index in [4.69, 9.17) is 4.74 Å². The van der Waals surface area contributed by atoms with E-state index in [0.29, 0.717) is 6.61 Å². The Bertz CT molecular complexity index is 468. The fourth-order valence-electron chi connectivity index (χ4n) is 1.87. The number of imidazole rings is 1. The lowest BCUT2D eigenvalue weighted by Gasteiger charge is -2.12. The van der Waals surface area contributed by atoms with Crippen LogP contribution < -0.4 is 10.1 Å². The van der Waals surface area contributed by atoms with E-state index < -0.39 is 0 Å². The Labute approximate surface area is 114 Å². The van der Waals surface area contributed by atoms with Crippen LogP contribution >= 0.6 is 0 Å². The number of aromatic nitrogens is 2. The smallest absolute Gasteiger partial charge is 0.123 e. The van der Waals surface area contributed by atoms with Gasteiger partial charge in [0.05, 0.1) is 12.9 Å². The number of nitrogens with zero attached hydrogens (tertiary/aromatic N) is 2. The molecule has 0 saturated heterocycles. The molecule has 0 spiro atoms. The molecule has 0 aliphatic rings. The second-order valence-electron chi connectivity index (χ2n) is 4.43. The maximum Gasteiger partial charge on any atom is 0.123 e. The largest absolute Gasteiger partial charge is 0.491 e. The average molecular weight is 259 g/mol. The molecule has 1 N–H and O–H groups in total. The number of hydrogen-bond donors (Lipinski definition) is 1. The van der Waals surface area contributed by atoms with Crippen molar-refractivity contribution >= 4 is 0 Å². The summed E-state index contributed by atoms with van der Waals surface area (Å²) in [5.41, 5.74) is 1.21. The van der Waals surface area contributed by atoms with E-state index in [1.165, 1.54) is 5.56 Å². The van der Waals surface area contributed by atoms with Crippen molar-refractivity contribution in [2.45, 2.75) is 26.4 Å². The third kappa shape index (κ3) is 4.41. The van der Waals surface area contributed by atoms with E-state index in [2.05, 4.69) is 23.3 Å². The number of ether oxygens (including phenoxy) is 1. The van der Waals surface area contributed by atoms with Gasteiger partial charge in [-0.2, -0.15) is 0 Å². The van der Waals surface area contributed by atoms with Crippen LogP contribution in [0, 0.1) is 0 Å². The van der Waals surface area contributed by atoms with Crippen LogP contribution in [0.3, 0.4) is 0 Å². The first kappa shape index (κ1) is 13.6. The van der Waals surface area contributed by atoms with Crippen molar-refractivity contribution in [1.82, 2.24) is 14.9 Å². The van der Waals surface area contributed by atoms with Gasteiger partial charge in [0.25, 0.3) is 0 Å². The van der Waals surface area contributed by atoms with Gasteiger partial charge in [-0.15, -0.1) is 0 Å². The summed E-state index contributed by atoms with van der Waals surface area (Å²) in [5.74, 6) is 0.964. The Balaban J connectivity index is 1.84. The van der Waals surface area contributed by atoms with Crippen LogP contribution in [0.5, 0.6) is 5.75 Å². The van der Waals surface area contributed by atoms with Crippen LogP contribution in [-0.2, 0) is 13.1 Å². The van der Waals surface area contributed by atoms with Gasteiger partial charge in [0, 0.05) is 24.5 Å². The van der Waals surface area contributed by atoms with Crippen LogP contribution in [0.25, 0.3) is 0 Å². The number of nitrogens with one attached hydrogen (secondary N) is 1. The molecular weight excluding hydrogens is 238 g/mol. The van der Waals surface area contributed by atoms with Crippen LogP contribution in [0.1, 0.15) is 18.9 Å². The van der Waals surface area contributed by atoms with Gasteiger partial charge >= 0.3 is 0 Å². The topological polar surface area (TPSA) is 39.1 Å². The maximum atomic E-state index is 5.85. The first-order valence-corrected chi connectivity index (χ1v) is 6.77. The molecule has 2 aromatic rings. The number of rotatable bonds is 8. The second kappa shape index (κ2) is 7.59. The minimum Gasteiger partial charge on any atom is -0.491 e. The van der Waals surface area contributed by atoms with E-state index in [0.717, 1.165) is 31.8 Å². The van der Waals surface area contributed by atoms with Crippen LogP contribution in [0.15, 0.2) is 43.0 Å². The van der Waals surface area contributed by atoms with Crippen LogP contribution in [0.2, 0.25) is 0 Å². The Morgan fingerprint density at radius 1 is 1.32 bits per heavy atom. The molecule has 0 aliphatic carbocycles. The zero-order chi connectivity index (χ0) is 13.3. The van der Waals surface area contributed by atoms with E-state index in [9.17, 15) is 0 Å². The highest BCUT2D eigenvalue weighted by atomic mass is 16.5. The Morgan fingerprint density at radius 3 is 3.00 bits per heavy atom. The molecule has 0 amide bonds. The molecule has 0 unspecified atom stereocenters. The predicted molar refractivity (Wildman–Crippen MR) is 76.2 cm³/mol. The van der Waals surface area contributed by atoms with Gasteiger partial charge in [-0.25, -0.2) is 4.98 Å². The molecule has 0 fully saturated rings. The summed E-state index contributed by atoms with van der Waals surface area (Å²) in [4.78, 5) is 4.01. The van der Waals surface area contributed by atoms with E-state index in [-0.39, 0.29) is 0 Å². The number of para-hydroxylation sites is 1. The number of benzene rings is 1. The third-order valence-corrected chi connectivity index (χ3v) is 2.88. The summed E-state index contributed by atoms with van der Waals surface area (Å²) < 4.78 is 7.86. The minimum atomic E-state index is 0.654. The van der Waals surface area contributed by atoms with Crippen molar-refractivity contribution in [3.05, 3.63) is 48.5 Å². The molecule has 0 bridgehead atoms. The van der Waals surface area contributed by atoms with Gasteiger partial charge in [0.1, 0.15) is 12.4 Å². The van der Waals surface area contributed by atoms with Gasteiger partial charge in [0.2, 0.25) is 0 Å². The highest BCUT2D eigenvalue weighted by Gasteiger charge is 2.02. The highest BCUT2D eigenvalue weighted by Crippen LogP contribution is 2.17. The standard InChI is InChI=1S/C15H21N3O/c1-2-7-16-12-14-5-3-4-6-15(14)19-11-10-18-9-8-17-13-18/h3-6,8-9,13,16H,2,7,10-12H2,1H3. The molecule has 1 aromatic carbocycles. The molecule has 2 rings (SSSR count). The first-order valence-electron chi connectivity index (χ1n) is 6.77. The Morgan fingerprint density at radius 2 is 2.21 bits per heavy atom. The van der Waals surface area contributed by atoms with Crippen molar-refractivity contribution in [2.75, 3.05) is 13.2 Å². The van der Waals surface area contributed by atoms with Gasteiger partial charge in [-0.3, -0.25) is 0 Å². The van der Waals surface area contributed by atoms with Crippen molar-refractivity contribution in [1.29, 1.82) is 0 Å². The quantitative estimate of drug-likeness (QED) is 0.740. The Kier molecular flexibility index (Phi) is 5.44. The molecule has 4 heteroatoms. The van der Waals surface area contributed by atoms with Crippen molar-refractivity contribution in [3.8, 4) is 5.75 Å². The monoisotopic (exact) mass is 259 g/mol. The lowest BCUT2D eigenvalue weighted by molar-refractivity contribution is 0.294. The van der Waals surface area contributed by atoms with E-state index in [1.54, 1.807) is 12.5 Å². The summed E-state index contributed by atoms with van der Waals surface area (Å²) in [5, 5.41) is 3.40. The zero-order valence-corrected chi connectivity index (χ0v) is 11.4. The molecule has 0 aliphatic heterocycles. The fourth-order valence-corrected chi connectivity index (χ4v) is 1.87. The lowest BCUT2D eigenvalue weighted by Crippen LogP contribution is -2.15. The van der Waals surface area contributed by atoms with Crippen molar-refractivity contribution < 1.29 is 4.74 Å². The Hall–Kier alpha value is -1.81. The van der Waals surface area contributed by atoms with Crippen molar-refractivity contribution in [2.24, 2.45) is 0 Å². The highest BCUT2D eigenvalue weighted by molar-refractivity contribution is 5.33. The van der Waals surface area contributed by atoms with Gasteiger partial charge < -0.3 is 14.6 Å². The minimum absolute atomic E-state index is 0.654. The normalized spacial score (nSPS) is 10.6. The molecule has 1 aromatic heterocycles. The lowest BCUT2D eigenvalue weighted by atomic mass is 10.2. The molecule has 0 saturated carbocycles. The fraction of sp³-hybridized carbons (Fsp3) is 0.400. The first-order chi connectivity index (χ1) is 9.40. The maximum absolute atomic E-state index is 5.85. The van der Waals surface area contributed by atoms with Crippen LogP contribution in [-0.4, -0.2) is 22.7 Å². The molecular formula is C15H21N3O. The summed E-state index contributed by atoms with van der Waals surface area (Å²) in [6.45, 7) is 5.52. The average Bonchev–Trinajstić information content (AvgIpc) is 2.94. The number of hydrogen-bond acceptors (Lipinski definition) is 3. The molecule has 0 radical (unpaired) electrons. The summed E-state index contributed by atoms with van der Waals surface area (Å²) in [6, 6.07) is 8.19. The van der Waals surface area contributed by atoms with Gasteiger partial charge in [-0.05, 0) is 19.0 Å². The SMILES string of the molecule is CCCNCc1ccccc1OCCn1ccnc1.